The number of hydrogen-bond acceptors (Lipinski definition) is 5. The van der Waals surface area contributed by atoms with Crippen molar-refractivity contribution in [3.63, 3.8) is 0 Å². The highest BCUT2D eigenvalue weighted by atomic mass is 32.1. The molecule has 0 aliphatic heterocycles. The maximum Gasteiger partial charge on any atom is 0.257 e. The number of rotatable bonds is 5. The zero-order chi connectivity index (χ0) is 22.0. The lowest BCUT2D eigenvalue weighted by Gasteiger charge is -2.12. The van der Waals surface area contributed by atoms with Gasteiger partial charge in [0.05, 0.1) is 12.2 Å². The number of benzene rings is 1. The minimum absolute atomic E-state index is 0.223. The molecule has 0 aliphatic carbocycles. The third kappa shape index (κ3) is 4.62. The summed E-state index contributed by atoms with van der Waals surface area (Å²) in [5.74, 6) is -0.366. The van der Waals surface area contributed by atoms with Gasteiger partial charge in [0.15, 0.2) is 5.13 Å². The molecule has 0 fully saturated rings. The van der Waals surface area contributed by atoms with E-state index in [0.29, 0.717) is 22.9 Å². The highest BCUT2D eigenvalue weighted by Gasteiger charge is 2.13. The molecule has 0 saturated carbocycles. The number of anilines is 1. The Hall–Kier alpha value is -3.58. The molecule has 156 valence electrons. The molecule has 0 aliphatic rings. The summed E-state index contributed by atoms with van der Waals surface area (Å²) in [5.41, 5.74) is 5.82. The molecule has 0 radical (unpaired) electrons. The number of aromatic nitrogens is 3. The molecule has 0 saturated heterocycles. The molecular formula is C24H22N4O2S. The maximum absolute atomic E-state index is 12.6. The lowest BCUT2D eigenvalue weighted by molar-refractivity contribution is 0.102. The average Bonchev–Trinajstić information content (AvgIpc) is 3.20. The first-order valence-corrected chi connectivity index (χ1v) is 10.7. The van der Waals surface area contributed by atoms with Crippen molar-refractivity contribution < 1.29 is 4.79 Å². The number of nitrogens with one attached hydrogen (secondary N) is 1. The minimum Gasteiger partial charge on any atom is -0.311 e. The Labute approximate surface area is 184 Å². The van der Waals surface area contributed by atoms with Gasteiger partial charge in [-0.05, 0) is 55.7 Å². The van der Waals surface area contributed by atoms with Crippen molar-refractivity contribution in [1.82, 2.24) is 14.5 Å². The number of hydrogen-bond donors (Lipinski definition) is 1. The van der Waals surface area contributed by atoms with Crippen molar-refractivity contribution >= 4 is 22.4 Å². The smallest absolute Gasteiger partial charge is 0.257 e. The van der Waals surface area contributed by atoms with E-state index in [1.807, 2.05) is 62.5 Å². The van der Waals surface area contributed by atoms with Crippen molar-refractivity contribution in [1.29, 1.82) is 0 Å². The van der Waals surface area contributed by atoms with E-state index >= 15 is 0 Å². The second-order valence-electron chi connectivity index (χ2n) is 7.41. The van der Waals surface area contributed by atoms with Crippen LogP contribution < -0.4 is 10.9 Å². The van der Waals surface area contributed by atoms with Gasteiger partial charge in [-0.15, -0.1) is 11.3 Å². The molecule has 0 bridgehead atoms. The van der Waals surface area contributed by atoms with Crippen LogP contribution >= 0.6 is 11.3 Å². The van der Waals surface area contributed by atoms with Gasteiger partial charge in [0.2, 0.25) is 0 Å². The van der Waals surface area contributed by atoms with Crippen molar-refractivity contribution in [3.8, 4) is 11.4 Å². The topological polar surface area (TPSA) is 76.9 Å². The molecule has 4 aromatic rings. The molecule has 6 nitrogen and oxygen atoms in total. The van der Waals surface area contributed by atoms with Gasteiger partial charge in [-0.2, -0.15) is 0 Å². The lowest BCUT2D eigenvalue weighted by Crippen LogP contribution is -2.23. The summed E-state index contributed by atoms with van der Waals surface area (Å²) >= 11 is 1.32. The van der Waals surface area contributed by atoms with Crippen LogP contribution in [0.4, 0.5) is 5.13 Å². The molecule has 1 N–H and O–H groups in total. The SMILES string of the molecule is Cc1cccc(-c2csc(NC(=O)c3ccn(Cc4c(C)cccc4C)c(=O)c3)n2)n1. The van der Waals surface area contributed by atoms with Crippen LogP contribution in [0.3, 0.4) is 0 Å². The Kier molecular flexibility index (Phi) is 5.77. The van der Waals surface area contributed by atoms with E-state index in [4.69, 9.17) is 0 Å². The summed E-state index contributed by atoms with van der Waals surface area (Å²) in [6.45, 7) is 6.45. The fourth-order valence-corrected chi connectivity index (χ4v) is 4.05. The molecule has 0 atom stereocenters. The van der Waals surface area contributed by atoms with Gasteiger partial charge < -0.3 is 4.57 Å². The predicted molar refractivity (Wildman–Crippen MR) is 124 cm³/mol. The second kappa shape index (κ2) is 8.65. The molecule has 0 spiro atoms. The molecule has 7 heteroatoms. The van der Waals surface area contributed by atoms with E-state index in [2.05, 4.69) is 15.3 Å². The highest BCUT2D eigenvalue weighted by molar-refractivity contribution is 7.14. The number of amides is 1. The molecule has 3 heterocycles. The quantitative estimate of drug-likeness (QED) is 0.502. The first kappa shape index (κ1) is 20.7. The zero-order valence-corrected chi connectivity index (χ0v) is 18.4. The molecule has 1 amide bonds. The third-order valence-electron chi connectivity index (χ3n) is 5.11. The monoisotopic (exact) mass is 430 g/mol. The molecule has 3 aromatic heterocycles. The Bertz CT molecular complexity index is 1300. The molecule has 4 rings (SSSR count). The van der Waals surface area contributed by atoms with Crippen LogP contribution in [0.2, 0.25) is 0 Å². The van der Waals surface area contributed by atoms with Crippen molar-refractivity contribution in [2.24, 2.45) is 0 Å². The van der Waals surface area contributed by atoms with E-state index in [9.17, 15) is 9.59 Å². The van der Waals surface area contributed by atoms with Crippen molar-refractivity contribution in [2.45, 2.75) is 27.3 Å². The summed E-state index contributed by atoms with van der Waals surface area (Å²) in [6.07, 6.45) is 1.66. The highest BCUT2D eigenvalue weighted by Crippen LogP contribution is 2.24. The van der Waals surface area contributed by atoms with E-state index in [1.165, 1.54) is 17.4 Å². The lowest BCUT2D eigenvalue weighted by atomic mass is 10.0. The largest absolute Gasteiger partial charge is 0.311 e. The number of carbonyl (C=O) groups is 1. The van der Waals surface area contributed by atoms with Crippen LogP contribution in [0.5, 0.6) is 0 Å². The van der Waals surface area contributed by atoms with Crippen LogP contribution in [0, 0.1) is 20.8 Å². The molecule has 0 unspecified atom stereocenters. The first-order chi connectivity index (χ1) is 14.9. The first-order valence-electron chi connectivity index (χ1n) is 9.87. The number of carbonyl (C=O) groups excluding carboxylic acids is 1. The number of thiazole rings is 1. The van der Waals surface area contributed by atoms with E-state index < -0.39 is 0 Å². The molecule has 1 aromatic carbocycles. The van der Waals surface area contributed by atoms with E-state index in [-0.39, 0.29) is 11.5 Å². The number of nitrogens with zero attached hydrogens (tertiary/aromatic N) is 3. The van der Waals surface area contributed by atoms with Crippen LogP contribution in [0.15, 0.2) is 64.9 Å². The van der Waals surface area contributed by atoms with Crippen molar-refractivity contribution in [2.75, 3.05) is 5.32 Å². The van der Waals surface area contributed by atoms with Crippen LogP contribution in [0.1, 0.15) is 32.7 Å². The zero-order valence-electron chi connectivity index (χ0n) is 17.5. The van der Waals surface area contributed by atoms with Crippen LogP contribution in [-0.2, 0) is 6.54 Å². The maximum atomic E-state index is 12.6. The van der Waals surface area contributed by atoms with Crippen LogP contribution in [-0.4, -0.2) is 20.4 Å². The molecule has 31 heavy (non-hydrogen) atoms. The van der Waals surface area contributed by atoms with Gasteiger partial charge in [-0.1, -0.05) is 24.3 Å². The van der Waals surface area contributed by atoms with Gasteiger partial charge in [0, 0.05) is 28.9 Å². The number of pyridine rings is 2. The summed E-state index contributed by atoms with van der Waals surface area (Å²) in [6, 6.07) is 14.8. The summed E-state index contributed by atoms with van der Waals surface area (Å²) < 4.78 is 1.61. The van der Waals surface area contributed by atoms with E-state index in [0.717, 1.165) is 28.1 Å². The number of aryl methyl sites for hydroxylation is 3. The van der Waals surface area contributed by atoms with Crippen molar-refractivity contribution in [3.05, 3.63) is 98.4 Å². The Morgan fingerprint density at radius 3 is 2.45 bits per heavy atom. The fraction of sp³-hybridized carbons (Fsp3) is 0.167. The van der Waals surface area contributed by atoms with Crippen LogP contribution in [0.25, 0.3) is 11.4 Å². The summed E-state index contributed by atoms with van der Waals surface area (Å²) in [4.78, 5) is 34.1. The Morgan fingerprint density at radius 2 is 1.74 bits per heavy atom. The van der Waals surface area contributed by atoms with Gasteiger partial charge >= 0.3 is 0 Å². The second-order valence-corrected chi connectivity index (χ2v) is 8.27. The normalized spacial score (nSPS) is 10.8. The predicted octanol–water partition coefficient (Wildman–Crippen LogP) is 4.59. The fourth-order valence-electron chi connectivity index (χ4n) is 3.35. The van der Waals surface area contributed by atoms with Gasteiger partial charge in [0.1, 0.15) is 5.69 Å². The van der Waals surface area contributed by atoms with Gasteiger partial charge in [-0.25, -0.2) is 4.98 Å². The Morgan fingerprint density at radius 1 is 1.00 bits per heavy atom. The molecular weight excluding hydrogens is 408 g/mol. The third-order valence-corrected chi connectivity index (χ3v) is 5.86. The minimum atomic E-state index is -0.366. The van der Waals surface area contributed by atoms with E-state index in [1.54, 1.807) is 16.8 Å². The van der Waals surface area contributed by atoms with Gasteiger partial charge in [0.25, 0.3) is 11.5 Å². The Balaban J connectivity index is 1.50. The summed E-state index contributed by atoms with van der Waals surface area (Å²) in [5, 5.41) is 5.08. The average molecular weight is 431 g/mol. The standard InChI is InChI=1S/C24H22N4O2S/c1-15-6-4-7-16(2)19(15)13-28-11-10-18(12-22(28)29)23(30)27-24-26-21(14-31-24)20-9-5-8-17(3)25-20/h4-12,14H,13H2,1-3H3,(H,26,27,30). The van der Waals surface area contributed by atoms with Gasteiger partial charge in [-0.3, -0.25) is 19.9 Å². The summed E-state index contributed by atoms with van der Waals surface area (Å²) in [7, 11) is 0.